The molecule has 5 heteroatoms. The molecule has 1 fully saturated rings. The maximum atomic E-state index is 12.6. The van der Waals surface area contributed by atoms with E-state index in [0.29, 0.717) is 12.1 Å². The zero-order valence-corrected chi connectivity index (χ0v) is 16.3. The number of carbonyl (C=O) groups excluding carboxylic acids is 1. The maximum Gasteiger partial charge on any atom is 0.236 e. The van der Waals surface area contributed by atoms with Crippen LogP contribution in [0, 0.1) is 11.3 Å². The maximum absolute atomic E-state index is 12.6. The topological polar surface area (TPSA) is 50.6 Å². The minimum absolute atomic E-state index is 0.272. The summed E-state index contributed by atoms with van der Waals surface area (Å²) in [5.74, 6) is 0.272. The molecule has 1 heterocycles. The summed E-state index contributed by atoms with van der Waals surface area (Å²) < 4.78 is 0. The second kappa shape index (κ2) is 10.9. The molecule has 1 aromatic carbocycles. The van der Waals surface area contributed by atoms with Crippen molar-refractivity contribution in [1.82, 2.24) is 14.7 Å². The van der Waals surface area contributed by atoms with E-state index < -0.39 is 0 Å². The van der Waals surface area contributed by atoms with Gasteiger partial charge in [-0.25, -0.2) is 0 Å². The lowest BCUT2D eigenvalue weighted by atomic mass is 10.1. The number of nitriles is 1. The molecule has 0 unspecified atom stereocenters. The molecule has 0 bridgehead atoms. The lowest BCUT2D eigenvalue weighted by Crippen LogP contribution is -2.42. The summed E-state index contributed by atoms with van der Waals surface area (Å²) in [5, 5.41) is 8.90. The van der Waals surface area contributed by atoms with Crippen molar-refractivity contribution in [2.45, 2.75) is 39.7 Å². The van der Waals surface area contributed by atoms with Gasteiger partial charge in [-0.05, 0) is 50.0 Å². The molecular weight excluding hydrogens is 324 g/mol. The molecule has 0 N–H and O–H groups in total. The van der Waals surface area contributed by atoms with Gasteiger partial charge in [0.15, 0.2) is 0 Å². The first kappa shape index (κ1) is 20.4. The van der Waals surface area contributed by atoms with Gasteiger partial charge in [0.2, 0.25) is 5.91 Å². The third-order valence-corrected chi connectivity index (χ3v) is 4.87. The first-order valence-electron chi connectivity index (χ1n) is 9.87. The largest absolute Gasteiger partial charge is 0.342 e. The van der Waals surface area contributed by atoms with Crippen molar-refractivity contribution in [1.29, 1.82) is 5.26 Å². The molecule has 0 aliphatic carbocycles. The van der Waals surface area contributed by atoms with Gasteiger partial charge < -0.3 is 4.90 Å². The summed E-state index contributed by atoms with van der Waals surface area (Å²) in [7, 11) is 0. The monoisotopic (exact) mass is 356 g/mol. The highest BCUT2D eigenvalue weighted by molar-refractivity contribution is 5.78. The van der Waals surface area contributed by atoms with Crippen molar-refractivity contribution in [3.63, 3.8) is 0 Å². The molecule has 1 amide bonds. The van der Waals surface area contributed by atoms with Crippen LogP contribution in [0.5, 0.6) is 0 Å². The summed E-state index contributed by atoms with van der Waals surface area (Å²) in [6.45, 7) is 11.4. The SMILES string of the molecule is CCCN(CCC)C(=O)CN1CCCN(Cc2ccc(C#N)cc2)CC1. The van der Waals surface area contributed by atoms with Gasteiger partial charge >= 0.3 is 0 Å². The van der Waals surface area contributed by atoms with Crippen molar-refractivity contribution in [2.75, 3.05) is 45.8 Å². The highest BCUT2D eigenvalue weighted by atomic mass is 16.2. The van der Waals surface area contributed by atoms with E-state index >= 15 is 0 Å². The molecule has 0 atom stereocenters. The second-order valence-electron chi connectivity index (χ2n) is 7.10. The van der Waals surface area contributed by atoms with E-state index in [1.54, 1.807) is 0 Å². The van der Waals surface area contributed by atoms with Crippen LogP contribution in [0.2, 0.25) is 0 Å². The van der Waals surface area contributed by atoms with E-state index in [4.69, 9.17) is 5.26 Å². The van der Waals surface area contributed by atoms with Gasteiger partial charge in [0.05, 0.1) is 18.2 Å². The molecule has 26 heavy (non-hydrogen) atoms. The summed E-state index contributed by atoms with van der Waals surface area (Å²) in [4.78, 5) is 19.3. The molecule has 0 aromatic heterocycles. The number of carbonyl (C=O) groups is 1. The van der Waals surface area contributed by atoms with Crippen LogP contribution in [0.25, 0.3) is 0 Å². The van der Waals surface area contributed by atoms with Crippen molar-refractivity contribution < 1.29 is 4.79 Å². The molecule has 2 rings (SSSR count). The molecule has 1 aromatic rings. The van der Waals surface area contributed by atoms with Crippen molar-refractivity contribution >= 4 is 5.91 Å². The standard InChI is InChI=1S/C21H32N4O/c1-3-10-25(11-4-2)21(26)18-24-13-5-12-23(14-15-24)17-20-8-6-19(16-22)7-9-20/h6-9H,3-5,10-15,17-18H2,1-2H3. The van der Waals surface area contributed by atoms with E-state index in [9.17, 15) is 4.79 Å². The summed E-state index contributed by atoms with van der Waals surface area (Å²) >= 11 is 0. The smallest absolute Gasteiger partial charge is 0.236 e. The molecule has 0 saturated carbocycles. The quantitative estimate of drug-likeness (QED) is 0.719. The van der Waals surface area contributed by atoms with Gasteiger partial charge in [-0.2, -0.15) is 5.26 Å². The highest BCUT2D eigenvalue weighted by Gasteiger charge is 2.19. The first-order chi connectivity index (χ1) is 12.7. The van der Waals surface area contributed by atoms with Crippen molar-refractivity contribution in [3.05, 3.63) is 35.4 Å². The van der Waals surface area contributed by atoms with Crippen LogP contribution < -0.4 is 0 Å². The first-order valence-corrected chi connectivity index (χ1v) is 9.87. The number of hydrogen-bond donors (Lipinski definition) is 0. The normalized spacial score (nSPS) is 16.0. The van der Waals surface area contributed by atoms with Crippen molar-refractivity contribution in [2.24, 2.45) is 0 Å². The molecule has 1 saturated heterocycles. The lowest BCUT2D eigenvalue weighted by molar-refractivity contribution is -0.132. The minimum atomic E-state index is 0.272. The van der Waals surface area contributed by atoms with Gasteiger partial charge in [0.25, 0.3) is 0 Å². The molecule has 1 aliphatic rings. The molecule has 5 nitrogen and oxygen atoms in total. The zero-order chi connectivity index (χ0) is 18.8. The van der Waals surface area contributed by atoms with Crippen LogP contribution in [0.15, 0.2) is 24.3 Å². The van der Waals surface area contributed by atoms with Crippen molar-refractivity contribution in [3.8, 4) is 6.07 Å². The molecule has 0 spiro atoms. The van der Waals surface area contributed by atoms with E-state index in [-0.39, 0.29) is 5.91 Å². The highest BCUT2D eigenvalue weighted by Crippen LogP contribution is 2.11. The molecule has 1 aliphatic heterocycles. The van der Waals surface area contributed by atoms with Crippen LogP contribution in [0.4, 0.5) is 0 Å². The fourth-order valence-corrected chi connectivity index (χ4v) is 3.48. The number of rotatable bonds is 8. The predicted octanol–water partition coefficient (Wildman–Crippen LogP) is 2.71. The summed E-state index contributed by atoms with van der Waals surface area (Å²) in [6.07, 6.45) is 3.12. The van der Waals surface area contributed by atoms with E-state index in [1.165, 1.54) is 5.56 Å². The molecular formula is C21H32N4O. The van der Waals surface area contributed by atoms with Crippen LogP contribution in [-0.4, -0.2) is 66.4 Å². The lowest BCUT2D eigenvalue weighted by Gasteiger charge is -2.26. The Kier molecular flexibility index (Phi) is 8.60. The summed E-state index contributed by atoms with van der Waals surface area (Å²) in [5.41, 5.74) is 1.95. The van der Waals surface area contributed by atoms with Gasteiger partial charge in [-0.15, -0.1) is 0 Å². The second-order valence-corrected chi connectivity index (χ2v) is 7.10. The van der Waals surface area contributed by atoms with Gasteiger partial charge in [0, 0.05) is 32.7 Å². The third kappa shape index (κ3) is 6.44. The van der Waals surface area contributed by atoms with E-state index in [0.717, 1.165) is 65.1 Å². The Morgan fingerprint density at radius 3 is 2.27 bits per heavy atom. The Balaban J connectivity index is 1.83. The Morgan fingerprint density at radius 2 is 1.65 bits per heavy atom. The van der Waals surface area contributed by atoms with Gasteiger partial charge in [0.1, 0.15) is 0 Å². The van der Waals surface area contributed by atoms with Crippen LogP contribution >= 0.6 is 0 Å². The average Bonchev–Trinajstić information content (AvgIpc) is 2.87. The van der Waals surface area contributed by atoms with E-state index in [1.807, 2.05) is 29.2 Å². The van der Waals surface area contributed by atoms with Crippen LogP contribution in [0.3, 0.4) is 0 Å². The third-order valence-electron chi connectivity index (χ3n) is 4.87. The molecule has 142 valence electrons. The minimum Gasteiger partial charge on any atom is -0.342 e. The van der Waals surface area contributed by atoms with Crippen LogP contribution in [0.1, 0.15) is 44.2 Å². The Morgan fingerprint density at radius 1 is 1.04 bits per heavy atom. The van der Waals surface area contributed by atoms with Gasteiger partial charge in [-0.1, -0.05) is 26.0 Å². The van der Waals surface area contributed by atoms with Crippen LogP contribution in [-0.2, 0) is 11.3 Å². The van der Waals surface area contributed by atoms with Gasteiger partial charge in [-0.3, -0.25) is 14.6 Å². The summed E-state index contributed by atoms with van der Waals surface area (Å²) in [6, 6.07) is 10.0. The number of amides is 1. The fraction of sp³-hybridized carbons (Fsp3) is 0.619. The Bertz CT molecular complexity index is 587. The number of benzene rings is 1. The Labute approximate surface area is 158 Å². The number of hydrogen-bond acceptors (Lipinski definition) is 4. The van der Waals surface area contributed by atoms with E-state index in [2.05, 4.69) is 29.7 Å². The zero-order valence-electron chi connectivity index (χ0n) is 16.3. The number of nitrogens with zero attached hydrogens (tertiary/aromatic N) is 4. The predicted molar refractivity (Wildman–Crippen MR) is 105 cm³/mol. The fourth-order valence-electron chi connectivity index (χ4n) is 3.48. The Hall–Kier alpha value is -1.90. The average molecular weight is 357 g/mol. The molecule has 0 radical (unpaired) electrons.